The average Bonchev–Trinajstić information content (AvgIpc) is 2.63. The minimum absolute atomic E-state index is 0.0278. The molecule has 0 aliphatic carbocycles. The topological polar surface area (TPSA) is 50.8 Å². The summed E-state index contributed by atoms with van der Waals surface area (Å²) in [6.07, 6.45) is 0. The quantitative estimate of drug-likeness (QED) is 0.652. The van der Waals surface area contributed by atoms with Gasteiger partial charge >= 0.3 is 6.61 Å². The Labute approximate surface area is 165 Å². The summed E-state index contributed by atoms with van der Waals surface area (Å²) in [5.74, 6) is 0.0394. The van der Waals surface area contributed by atoms with Gasteiger partial charge in [0.05, 0.1) is 13.2 Å². The Morgan fingerprint density at radius 2 is 1.85 bits per heavy atom. The maximum Gasteiger partial charge on any atom is 0.387 e. The Hall–Kier alpha value is -2.19. The zero-order valence-corrected chi connectivity index (χ0v) is 16.8. The molecule has 5 nitrogen and oxygen atoms in total. The lowest BCUT2D eigenvalue weighted by Gasteiger charge is -2.24. The van der Waals surface area contributed by atoms with Crippen molar-refractivity contribution in [3.05, 3.63) is 52.5 Å². The molecule has 8 heteroatoms. The highest BCUT2D eigenvalue weighted by atomic mass is 79.9. The van der Waals surface area contributed by atoms with Crippen molar-refractivity contribution >= 4 is 27.5 Å². The van der Waals surface area contributed by atoms with Crippen LogP contribution in [-0.4, -0.2) is 37.6 Å². The summed E-state index contributed by atoms with van der Waals surface area (Å²) in [5.41, 5.74) is 1.51. The fourth-order valence-electron chi connectivity index (χ4n) is 2.41. The molecule has 0 aliphatic rings. The van der Waals surface area contributed by atoms with Crippen LogP contribution in [-0.2, 0) is 11.3 Å². The number of alkyl halides is 2. The van der Waals surface area contributed by atoms with E-state index in [2.05, 4.69) is 26.0 Å². The molecule has 0 radical (unpaired) electrons. The van der Waals surface area contributed by atoms with E-state index >= 15 is 0 Å². The van der Waals surface area contributed by atoms with Crippen LogP contribution < -0.4 is 14.8 Å². The molecule has 1 atom stereocenters. The third kappa shape index (κ3) is 6.18. The molecule has 1 N–H and O–H groups in total. The maximum absolute atomic E-state index is 12.4. The lowest BCUT2D eigenvalue weighted by molar-refractivity contribution is -0.120. The zero-order chi connectivity index (χ0) is 20.0. The van der Waals surface area contributed by atoms with Crippen LogP contribution in [0.15, 0.2) is 46.9 Å². The molecular weight excluding hydrogens is 422 g/mol. The fraction of sp³-hybridized carbons (Fsp3) is 0.316. The molecule has 0 heterocycles. The number of ether oxygens (including phenoxy) is 2. The highest BCUT2D eigenvalue weighted by molar-refractivity contribution is 9.10. The Balaban J connectivity index is 2.01. The minimum Gasteiger partial charge on any atom is -0.493 e. The van der Waals surface area contributed by atoms with Crippen molar-refractivity contribution < 1.29 is 23.0 Å². The molecule has 2 aromatic carbocycles. The summed E-state index contributed by atoms with van der Waals surface area (Å²) in [6.45, 7) is -0.699. The lowest BCUT2D eigenvalue weighted by Crippen LogP contribution is -2.39. The van der Waals surface area contributed by atoms with Gasteiger partial charge in [-0.2, -0.15) is 8.78 Å². The van der Waals surface area contributed by atoms with Crippen LogP contribution in [0.4, 0.5) is 14.5 Å². The van der Waals surface area contributed by atoms with Crippen molar-refractivity contribution in [1.29, 1.82) is 0 Å². The standard InChI is InChI=1S/C19H21BrF2N2O3/c1-12(18(25)23-15-7-5-14(20)6-8-15)24(2)11-13-4-9-16(27-19(21)22)17(10-13)26-3/h4-10,12,19H,11H2,1-3H3,(H,23,25). The van der Waals surface area contributed by atoms with Gasteiger partial charge in [-0.3, -0.25) is 9.69 Å². The van der Waals surface area contributed by atoms with Crippen LogP contribution in [0.25, 0.3) is 0 Å². The number of carbonyl (C=O) groups is 1. The number of methoxy groups -OCH3 is 1. The van der Waals surface area contributed by atoms with Crippen LogP contribution in [0.1, 0.15) is 12.5 Å². The predicted molar refractivity (Wildman–Crippen MR) is 103 cm³/mol. The highest BCUT2D eigenvalue weighted by Gasteiger charge is 2.19. The van der Waals surface area contributed by atoms with Gasteiger partial charge in [-0.15, -0.1) is 0 Å². The van der Waals surface area contributed by atoms with Gasteiger partial charge in [-0.25, -0.2) is 0 Å². The van der Waals surface area contributed by atoms with E-state index in [9.17, 15) is 13.6 Å². The van der Waals surface area contributed by atoms with Crippen LogP contribution in [0, 0.1) is 0 Å². The van der Waals surface area contributed by atoms with Gasteiger partial charge in [0.1, 0.15) is 0 Å². The van der Waals surface area contributed by atoms with Crippen molar-refractivity contribution in [3.8, 4) is 11.5 Å². The first-order valence-electron chi connectivity index (χ1n) is 8.18. The van der Waals surface area contributed by atoms with E-state index in [1.165, 1.54) is 13.2 Å². The number of anilines is 1. The monoisotopic (exact) mass is 442 g/mol. The number of amides is 1. The minimum atomic E-state index is -2.92. The number of hydrogen-bond acceptors (Lipinski definition) is 4. The summed E-state index contributed by atoms with van der Waals surface area (Å²) in [7, 11) is 3.19. The molecule has 0 spiro atoms. The Morgan fingerprint density at radius 1 is 1.19 bits per heavy atom. The number of likely N-dealkylation sites (N-methyl/N-ethyl adjacent to an activating group) is 1. The van der Waals surface area contributed by atoms with E-state index in [1.807, 2.05) is 24.1 Å². The molecule has 2 rings (SSSR count). The third-order valence-electron chi connectivity index (χ3n) is 4.03. The number of hydrogen-bond donors (Lipinski definition) is 1. The number of carbonyl (C=O) groups excluding carboxylic acids is 1. The average molecular weight is 443 g/mol. The second-order valence-electron chi connectivity index (χ2n) is 5.95. The summed E-state index contributed by atoms with van der Waals surface area (Å²) in [4.78, 5) is 14.3. The van der Waals surface area contributed by atoms with E-state index < -0.39 is 12.7 Å². The van der Waals surface area contributed by atoms with Gasteiger partial charge in [0.15, 0.2) is 11.5 Å². The molecule has 27 heavy (non-hydrogen) atoms. The number of nitrogens with one attached hydrogen (secondary N) is 1. The first-order chi connectivity index (χ1) is 12.8. The van der Waals surface area contributed by atoms with E-state index in [4.69, 9.17) is 4.74 Å². The maximum atomic E-state index is 12.4. The number of halogens is 3. The van der Waals surface area contributed by atoms with Crippen molar-refractivity contribution in [2.45, 2.75) is 26.1 Å². The normalized spacial score (nSPS) is 12.1. The van der Waals surface area contributed by atoms with Gasteiger partial charge in [0.25, 0.3) is 0 Å². The van der Waals surface area contributed by atoms with Gasteiger partial charge in [-0.1, -0.05) is 22.0 Å². The summed E-state index contributed by atoms with van der Waals surface area (Å²) >= 11 is 3.35. The van der Waals surface area contributed by atoms with Crippen molar-refractivity contribution in [2.75, 3.05) is 19.5 Å². The second kappa shape index (κ2) is 9.66. The lowest BCUT2D eigenvalue weighted by atomic mass is 10.1. The van der Waals surface area contributed by atoms with E-state index in [0.717, 1.165) is 10.0 Å². The molecule has 146 valence electrons. The molecule has 0 aliphatic heterocycles. The fourth-order valence-corrected chi connectivity index (χ4v) is 2.67. The number of benzene rings is 2. The Morgan fingerprint density at radius 3 is 2.44 bits per heavy atom. The molecule has 2 aromatic rings. The predicted octanol–water partition coefficient (Wildman–Crippen LogP) is 4.52. The summed E-state index contributed by atoms with van der Waals surface area (Å²) in [5, 5.41) is 2.86. The molecule has 0 fully saturated rings. The summed E-state index contributed by atoms with van der Waals surface area (Å²) in [6, 6.07) is 11.6. The number of rotatable bonds is 8. The van der Waals surface area contributed by atoms with Gasteiger partial charge in [0, 0.05) is 16.7 Å². The molecular formula is C19H21BrF2N2O3. The molecule has 0 saturated heterocycles. The number of nitrogens with zero attached hydrogens (tertiary/aromatic N) is 1. The molecule has 0 aromatic heterocycles. The van der Waals surface area contributed by atoms with Crippen molar-refractivity contribution in [3.63, 3.8) is 0 Å². The first kappa shape index (κ1) is 21.1. The van der Waals surface area contributed by atoms with E-state index in [1.54, 1.807) is 31.2 Å². The first-order valence-corrected chi connectivity index (χ1v) is 8.98. The molecule has 1 amide bonds. The zero-order valence-electron chi connectivity index (χ0n) is 15.2. The van der Waals surface area contributed by atoms with Crippen LogP contribution in [0.3, 0.4) is 0 Å². The van der Waals surface area contributed by atoms with Crippen LogP contribution >= 0.6 is 15.9 Å². The molecule has 1 unspecified atom stereocenters. The summed E-state index contributed by atoms with van der Waals surface area (Å²) < 4.78 is 35.3. The van der Waals surface area contributed by atoms with Crippen LogP contribution in [0.2, 0.25) is 0 Å². The van der Waals surface area contributed by atoms with Crippen molar-refractivity contribution in [2.24, 2.45) is 0 Å². The highest BCUT2D eigenvalue weighted by Crippen LogP contribution is 2.30. The molecule has 0 saturated carbocycles. The SMILES string of the molecule is COc1cc(CN(C)C(C)C(=O)Nc2ccc(Br)cc2)ccc1OC(F)F. The molecule has 0 bridgehead atoms. The largest absolute Gasteiger partial charge is 0.493 e. The van der Waals surface area contributed by atoms with Crippen molar-refractivity contribution in [1.82, 2.24) is 4.90 Å². The van der Waals surface area contributed by atoms with E-state index in [-0.39, 0.29) is 17.4 Å². The Bertz CT molecular complexity index is 772. The Kier molecular flexibility index (Phi) is 7.55. The van der Waals surface area contributed by atoms with E-state index in [0.29, 0.717) is 12.2 Å². The smallest absolute Gasteiger partial charge is 0.387 e. The second-order valence-corrected chi connectivity index (χ2v) is 6.87. The van der Waals surface area contributed by atoms with Crippen LogP contribution in [0.5, 0.6) is 11.5 Å². The van der Waals surface area contributed by atoms with Gasteiger partial charge in [0.2, 0.25) is 5.91 Å². The van der Waals surface area contributed by atoms with Gasteiger partial charge in [-0.05, 0) is 55.9 Å². The van der Waals surface area contributed by atoms with Gasteiger partial charge < -0.3 is 14.8 Å². The third-order valence-corrected chi connectivity index (χ3v) is 4.56.